The van der Waals surface area contributed by atoms with Gasteiger partial charge in [0.15, 0.2) is 46.3 Å². The van der Waals surface area contributed by atoms with Gasteiger partial charge in [0.05, 0.1) is 98.6 Å². The van der Waals surface area contributed by atoms with Crippen LogP contribution in [-0.2, 0) is 57.3 Å². The first-order chi connectivity index (χ1) is 56.1. The van der Waals surface area contributed by atoms with Crippen molar-refractivity contribution in [2.24, 2.45) is 115 Å². The van der Waals surface area contributed by atoms with Crippen LogP contribution in [0, 0.1) is 94.7 Å². The lowest BCUT2D eigenvalue weighted by Gasteiger charge is -2.53. The van der Waals surface area contributed by atoms with Crippen molar-refractivity contribution in [3.8, 4) is 23.0 Å². The predicted octanol–water partition coefficient (Wildman–Crippen LogP) is 13.1. The summed E-state index contributed by atoms with van der Waals surface area (Å²) in [6.45, 7) is 8.51. The first-order valence-electron chi connectivity index (χ1n) is 39.8. The van der Waals surface area contributed by atoms with Crippen LogP contribution in [0.4, 0.5) is 0 Å². The van der Waals surface area contributed by atoms with Crippen LogP contribution in [0.1, 0.15) is 95.9 Å². The Balaban J connectivity index is 0.000000111. The lowest BCUT2D eigenvalue weighted by molar-refractivity contribution is -0.180. The fourth-order valence-electron chi connectivity index (χ4n) is 23.1. The molecule has 0 amide bonds. The second kappa shape index (κ2) is 29.5. The summed E-state index contributed by atoms with van der Waals surface area (Å²) in [5.74, 6) is -3.82. The molecule has 116 heavy (non-hydrogen) atoms. The maximum absolute atomic E-state index is 13.6. The highest BCUT2D eigenvalue weighted by Gasteiger charge is 2.77. The number of Topliss-reactive ketones (excluding diaryl/α,β-unsaturated/α-hetero) is 8. The standard InChI is InChI=1S/4C24H23NO4/c4*1-13-17(14-7-5-4-6-8-14)18-22(26)19-20(13)24(29-3,23(18)27)25-21(19)15-9-11-16(28-2)12-10-15/h4*4-13,17-20H,1-3H3/t4*13-,17+,18-,19-,20+,24+/m1100/s1. The molecule has 0 saturated heterocycles. The van der Waals surface area contributed by atoms with Crippen molar-refractivity contribution in [2.75, 3.05) is 56.9 Å². The largest absolute Gasteiger partial charge is 0.497 e. The number of ketones is 8. The number of aliphatic imine (C=N–C) groups is 4. The fourth-order valence-corrected chi connectivity index (χ4v) is 23.1. The molecule has 8 aromatic rings. The van der Waals surface area contributed by atoms with Crippen LogP contribution < -0.4 is 18.9 Å². The number of methoxy groups -OCH3 is 8. The van der Waals surface area contributed by atoms with Gasteiger partial charge in [-0.3, -0.25) is 38.4 Å². The van der Waals surface area contributed by atoms with E-state index >= 15 is 0 Å². The maximum Gasteiger partial charge on any atom is 0.223 e. The number of hydrogen-bond donors (Lipinski definition) is 0. The molecule has 20 heteroatoms. The van der Waals surface area contributed by atoms with Crippen molar-refractivity contribution < 1.29 is 76.3 Å². The van der Waals surface area contributed by atoms with Gasteiger partial charge in [0, 0.05) is 75.8 Å². The average molecular weight is 1560 g/mol. The van der Waals surface area contributed by atoms with Crippen LogP contribution in [0.15, 0.2) is 238 Å². The maximum atomic E-state index is 13.6. The zero-order valence-electron chi connectivity index (χ0n) is 66.7. The van der Waals surface area contributed by atoms with Crippen LogP contribution in [0.5, 0.6) is 23.0 Å². The van der Waals surface area contributed by atoms with Crippen LogP contribution >= 0.6 is 0 Å². The molecule has 0 unspecified atom stereocenters. The smallest absolute Gasteiger partial charge is 0.223 e. The molecule has 16 bridgehead atoms. The van der Waals surface area contributed by atoms with Crippen LogP contribution in [-0.4, -0.2) is 149 Å². The zero-order chi connectivity index (χ0) is 81.3. The molecular weight excluding hydrogens is 1470 g/mol. The van der Waals surface area contributed by atoms with E-state index < -0.39 is 70.2 Å². The summed E-state index contributed by atoms with van der Waals surface area (Å²) in [6.07, 6.45) is 0. The molecule has 16 aliphatic rings. The number of ether oxygens (including phenoxy) is 8. The Hall–Kier alpha value is -11.2. The molecular formula is C96H92N4O16. The second-order valence-corrected chi connectivity index (χ2v) is 32.7. The Labute approximate surface area is 673 Å². The van der Waals surface area contributed by atoms with E-state index in [-0.39, 0.29) is 117 Å². The number of carbonyl (C=O) groups is 8. The molecule has 0 radical (unpaired) electrons. The van der Waals surface area contributed by atoms with Gasteiger partial charge in [-0.1, -0.05) is 149 Å². The third kappa shape index (κ3) is 11.2. The van der Waals surface area contributed by atoms with Crippen molar-refractivity contribution in [3.63, 3.8) is 0 Å². The number of fused-ring (bicyclic) bond motifs is 4. The highest BCUT2D eigenvalue weighted by atomic mass is 16.5. The van der Waals surface area contributed by atoms with Crippen molar-refractivity contribution >= 4 is 69.1 Å². The number of carbonyl (C=O) groups excluding carboxylic acids is 8. The summed E-state index contributed by atoms with van der Waals surface area (Å²) in [6, 6.07) is 69.5. The van der Waals surface area contributed by atoms with Gasteiger partial charge in [0.25, 0.3) is 0 Å². The Bertz CT molecular complexity index is 4720. The Morgan fingerprint density at radius 1 is 0.233 bits per heavy atom. The van der Waals surface area contributed by atoms with Gasteiger partial charge in [-0.05, 0) is 165 Å². The van der Waals surface area contributed by atoms with Gasteiger partial charge in [-0.2, -0.15) is 0 Å². The molecule has 0 aromatic heterocycles. The van der Waals surface area contributed by atoms with E-state index in [1.807, 2.05) is 218 Å². The Kier molecular flexibility index (Phi) is 19.7. The molecule has 0 N–H and O–H groups in total. The zero-order valence-corrected chi connectivity index (χ0v) is 66.7. The Morgan fingerprint density at radius 2 is 0.405 bits per heavy atom. The second-order valence-electron chi connectivity index (χ2n) is 32.7. The van der Waals surface area contributed by atoms with Crippen LogP contribution in [0.3, 0.4) is 0 Å². The van der Waals surface area contributed by atoms with E-state index in [0.717, 1.165) is 67.5 Å². The first kappa shape index (κ1) is 77.4. The van der Waals surface area contributed by atoms with E-state index in [1.165, 1.54) is 28.4 Å². The van der Waals surface area contributed by atoms with Crippen LogP contribution in [0.25, 0.3) is 0 Å². The van der Waals surface area contributed by atoms with Crippen molar-refractivity contribution in [1.82, 2.24) is 0 Å². The number of hydrogen-bond acceptors (Lipinski definition) is 20. The third-order valence-corrected chi connectivity index (χ3v) is 28.1. The summed E-state index contributed by atoms with van der Waals surface area (Å²) < 4.78 is 44.2. The molecule has 20 nitrogen and oxygen atoms in total. The minimum atomic E-state index is -1.26. The first-order valence-corrected chi connectivity index (χ1v) is 39.8. The monoisotopic (exact) mass is 1560 g/mol. The molecule has 24 rings (SSSR count). The summed E-state index contributed by atoms with van der Waals surface area (Å²) >= 11 is 0. The Morgan fingerprint density at radius 3 is 0.560 bits per heavy atom. The highest BCUT2D eigenvalue weighted by molar-refractivity contribution is 6.30. The minimum absolute atomic E-state index is 0.0216. The highest BCUT2D eigenvalue weighted by Crippen LogP contribution is 2.66. The van der Waals surface area contributed by atoms with Gasteiger partial charge in [0.2, 0.25) is 22.9 Å². The van der Waals surface area contributed by atoms with Crippen molar-refractivity contribution in [1.29, 1.82) is 0 Å². The van der Waals surface area contributed by atoms with E-state index in [1.54, 1.807) is 28.4 Å². The topological polar surface area (TPSA) is 260 Å². The molecule has 12 saturated carbocycles. The van der Waals surface area contributed by atoms with E-state index in [9.17, 15) is 38.4 Å². The number of rotatable bonds is 16. The molecule has 12 fully saturated rings. The fraction of sp³-hybridized carbons (Fsp3) is 0.375. The quantitative estimate of drug-likeness (QED) is 0.0814. The molecule has 592 valence electrons. The molecule has 4 heterocycles. The summed E-state index contributed by atoms with van der Waals surface area (Å²) in [5.41, 5.74) is 5.12. The number of benzene rings is 8. The SMILES string of the molecule is COc1ccc(C2=N[C@@]3(OC)C(=O)[C@H]4C(=O)[C@@H]2[C@@H]3[C@H](C)[C@H]4c2ccccc2)cc1.COc1ccc(C2=N[C@@]3(OC)C(=O)[C@H]4C(=O)[C@@H]2[C@@H]3[C@H](C)[C@H]4c2ccccc2)cc1.COc1ccc(C2=N[C@]3(OC)C(=O)[C@@H]4C(=O)[C@H]2[C@H]3[C@@H](C)[C@@H]4c2ccccc2)cc1.COc1ccc(C2=N[C@]3(OC)C(=O)[C@@H]4C(=O)[C@H]2[C@H]3[C@@H](C)[C@@H]4c2ccccc2)cc1. The van der Waals surface area contributed by atoms with Crippen molar-refractivity contribution in [2.45, 2.75) is 74.3 Å². The van der Waals surface area contributed by atoms with Crippen LogP contribution in [0.2, 0.25) is 0 Å². The third-order valence-electron chi connectivity index (χ3n) is 28.1. The summed E-state index contributed by atoms with van der Waals surface area (Å²) in [7, 11) is 12.6. The molecule has 4 aliphatic heterocycles. The van der Waals surface area contributed by atoms with Crippen molar-refractivity contribution in [3.05, 3.63) is 263 Å². The van der Waals surface area contributed by atoms with Gasteiger partial charge < -0.3 is 37.9 Å². The lowest BCUT2D eigenvalue weighted by atomic mass is 9.50. The average Bonchev–Trinajstić information content (AvgIpc) is 1.52. The predicted molar refractivity (Wildman–Crippen MR) is 432 cm³/mol. The summed E-state index contributed by atoms with van der Waals surface area (Å²) in [4.78, 5) is 128. The van der Waals surface area contributed by atoms with Gasteiger partial charge in [-0.25, -0.2) is 20.0 Å². The van der Waals surface area contributed by atoms with Gasteiger partial charge >= 0.3 is 0 Å². The summed E-state index contributed by atoms with van der Waals surface area (Å²) in [5, 5.41) is 0. The normalized spacial score (nSPS) is 35.0. The lowest BCUT2D eigenvalue weighted by Crippen LogP contribution is -2.66. The van der Waals surface area contributed by atoms with Gasteiger partial charge in [-0.15, -0.1) is 0 Å². The molecule has 0 spiro atoms. The van der Waals surface area contributed by atoms with E-state index in [2.05, 4.69) is 27.7 Å². The molecule has 8 aromatic carbocycles. The molecule has 24 atom stereocenters. The molecule has 12 aliphatic carbocycles. The minimum Gasteiger partial charge on any atom is -0.497 e. The van der Waals surface area contributed by atoms with E-state index in [0.29, 0.717) is 22.8 Å². The van der Waals surface area contributed by atoms with Gasteiger partial charge in [0.1, 0.15) is 23.0 Å². The number of nitrogens with zero attached hydrogens (tertiary/aromatic N) is 4. The van der Waals surface area contributed by atoms with E-state index in [4.69, 9.17) is 57.9 Å².